The van der Waals surface area contributed by atoms with Crippen LogP contribution in [0.4, 0.5) is 11.8 Å². The molecule has 0 aliphatic carbocycles. The minimum absolute atomic E-state index is 0.104. The summed E-state index contributed by atoms with van der Waals surface area (Å²) in [5.74, 6) is 2.82. The number of nitrogen functional groups attached to an aromatic ring is 1. The molecule has 0 unspecified atom stereocenters. The number of anilines is 2. The maximum atomic E-state index is 5.84. The molecule has 7 heteroatoms. The summed E-state index contributed by atoms with van der Waals surface area (Å²) in [5, 5.41) is 4.44. The topological polar surface area (TPSA) is 85.8 Å². The molecule has 122 valence electrons. The number of nitrogens with zero attached hydrogens (tertiary/aromatic N) is 6. The van der Waals surface area contributed by atoms with Gasteiger partial charge in [0.25, 0.3) is 0 Å². The highest BCUT2D eigenvalue weighted by Crippen LogP contribution is 2.34. The molecule has 0 saturated carbocycles. The summed E-state index contributed by atoms with van der Waals surface area (Å²) >= 11 is 0. The molecule has 4 rings (SSSR count). The molecule has 0 radical (unpaired) electrons. The van der Waals surface area contributed by atoms with Gasteiger partial charge >= 0.3 is 0 Å². The Kier molecular flexibility index (Phi) is 3.60. The van der Waals surface area contributed by atoms with Crippen molar-refractivity contribution in [2.24, 2.45) is 7.05 Å². The number of aromatic nitrogens is 5. The second-order valence-electron chi connectivity index (χ2n) is 5.91. The molecule has 2 aromatic heterocycles. The number of aryl methyl sites for hydroxylation is 1. The van der Waals surface area contributed by atoms with E-state index in [2.05, 4.69) is 20.0 Å². The van der Waals surface area contributed by atoms with Gasteiger partial charge in [-0.3, -0.25) is 0 Å². The molecule has 1 aromatic carbocycles. The Labute approximate surface area is 140 Å². The summed E-state index contributed by atoms with van der Waals surface area (Å²) < 4.78 is 1.61. The standard InChI is InChI=1S/C17H19N7/c1-23-17(18)21-16(22-23)13-8-5-11-24(13)14-9-10-19-15(20-14)12-6-3-2-4-7-12/h2-4,6-7,9-10,13H,5,8,11H2,1H3,(H2,18,21,22)/t13-/m1/s1. The van der Waals surface area contributed by atoms with Gasteiger partial charge in [0.15, 0.2) is 11.6 Å². The van der Waals surface area contributed by atoms with Crippen LogP contribution in [0.1, 0.15) is 24.7 Å². The zero-order chi connectivity index (χ0) is 16.5. The van der Waals surface area contributed by atoms with Gasteiger partial charge < -0.3 is 10.6 Å². The molecule has 0 spiro atoms. The van der Waals surface area contributed by atoms with E-state index >= 15 is 0 Å². The Balaban J connectivity index is 1.67. The number of benzene rings is 1. The summed E-state index contributed by atoms with van der Waals surface area (Å²) in [6, 6.07) is 12.0. The lowest BCUT2D eigenvalue weighted by atomic mass is 10.2. The lowest BCUT2D eigenvalue weighted by Gasteiger charge is -2.23. The maximum Gasteiger partial charge on any atom is 0.218 e. The van der Waals surface area contributed by atoms with Crippen LogP contribution in [-0.2, 0) is 7.05 Å². The molecule has 3 aromatic rings. The van der Waals surface area contributed by atoms with Gasteiger partial charge in [-0.15, -0.1) is 0 Å². The van der Waals surface area contributed by atoms with Crippen molar-refractivity contribution in [2.45, 2.75) is 18.9 Å². The fourth-order valence-electron chi connectivity index (χ4n) is 3.10. The van der Waals surface area contributed by atoms with E-state index in [1.165, 1.54) is 0 Å². The molecule has 0 amide bonds. The van der Waals surface area contributed by atoms with Crippen molar-refractivity contribution in [1.29, 1.82) is 0 Å². The molecule has 7 nitrogen and oxygen atoms in total. The van der Waals surface area contributed by atoms with Crippen LogP contribution in [-0.4, -0.2) is 31.3 Å². The third kappa shape index (κ3) is 2.58. The maximum absolute atomic E-state index is 5.84. The first kappa shape index (κ1) is 14.6. The second kappa shape index (κ2) is 5.92. The van der Waals surface area contributed by atoms with Crippen molar-refractivity contribution in [2.75, 3.05) is 17.2 Å². The minimum atomic E-state index is 0.104. The van der Waals surface area contributed by atoms with E-state index in [-0.39, 0.29) is 6.04 Å². The zero-order valence-corrected chi connectivity index (χ0v) is 13.5. The lowest BCUT2D eigenvalue weighted by Crippen LogP contribution is -2.24. The second-order valence-corrected chi connectivity index (χ2v) is 5.91. The highest BCUT2D eigenvalue weighted by Gasteiger charge is 2.30. The van der Waals surface area contributed by atoms with Crippen molar-refractivity contribution in [1.82, 2.24) is 24.7 Å². The number of rotatable bonds is 3. The van der Waals surface area contributed by atoms with Gasteiger partial charge in [-0.05, 0) is 18.9 Å². The largest absolute Gasteiger partial charge is 0.368 e. The third-order valence-corrected chi connectivity index (χ3v) is 4.33. The van der Waals surface area contributed by atoms with Crippen LogP contribution < -0.4 is 10.6 Å². The predicted molar refractivity (Wildman–Crippen MR) is 92.2 cm³/mol. The molecule has 24 heavy (non-hydrogen) atoms. The molecular formula is C17H19N7. The van der Waals surface area contributed by atoms with Gasteiger partial charge in [-0.25, -0.2) is 14.6 Å². The van der Waals surface area contributed by atoms with E-state index in [4.69, 9.17) is 10.7 Å². The fraction of sp³-hybridized carbons (Fsp3) is 0.294. The van der Waals surface area contributed by atoms with Crippen molar-refractivity contribution in [3.05, 3.63) is 48.4 Å². The first-order chi connectivity index (χ1) is 11.7. The molecule has 2 N–H and O–H groups in total. The predicted octanol–water partition coefficient (Wildman–Crippen LogP) is 2.20. The Morgan fingerprint density at radius 3 is 2.71 bits per heavy atom. The monoisotopic (exact) mass is 321 g/mol. The van der Waals surface area contributed by atoms with E-state index in [1.807, 2.05) is 43.4 Å². The molecule has 1 fully saturated rings. The van der Waals surface area contributed by atoms with Gasteiger partial charge in [0, 0.05) is 25.4 Å². The third-order valence-electron chi connectivity index (χ3n) is 4.33. The normalized spacial score (nSPS) is 17.4. The van der Waals surface area contributed by atoms with E-state index in [9.17, 15) is 0 Å². The SMILES string of the molecule is Cn1nc([C@H]2CCCN2c2ccnc(-c3ccccc3)n2)nc1N. The number of hydrogen-bond donors (Lipinski definition) is 1. The highest BCUT2D eigenvalue weighted by atomic mass is 15.4. The van der Waals surface area contributed by atoms with Crippen molar-refractivity contribution in [3.63, 3.8) is 0 Å². The average Bonchev–Trinajstić information content (AvgIpc) is 3.23. The van der Waals surface area contributed by atoms with E-state index < -0.39 is 0 Å². The summed E-state index contributed by atoms with van der Waals surface area (Å²) in [7, 11) is 1.81. The molecular weight excluding hydrogens is 302 g/mol. The van der Waals surface area contributed by atoms with E-state index in [0.717, 1.165) is 42.4 Å². The fourth-order valence-corrected chi connectivity index (χ4v) is 3.10. The van der Waals surface area contributed by atoms with Crippen LogP contribution in [0.15, 0.2) is 42.6 Å². The van der Waals surface area contributed by atoms with Crippen LogP contribution in [0, 0.1) is 0 Å². The highest BCUT2D eigenvalue weighted by molar-refractivity contribution is 5.57. The molecule has 0 bridgehead atoms. The Hall–Kier alpha value is -2.96. The minimum Gasteiger partial charge on any atom is -0.368 e. The summed E-state index contributed by atoms with van der Waals surface area (Å²) in [6.45, 7) is 0.925. The summed E-state index contributed by atoms with van der Waals surface area (Å²) in [4.78, 5) is 15.8. The van der Waals surface area contributed by atoms with Gasteiger partial charge in [0.2, 0.25) is 5.95 Å². The zero-order valence-electron chi connectivity index (χ0n) is 13.5. The molecule has 1 saturated heterocycles. The average molecular weight is 321 g/mol. The van der Waals surface area contributed by atoms with Gasteiger partial charge in [-0.2, -0.15) is 10.1 Å². The van der Waals surface area contributed by atoms with E-state index in [1.54, 1.807) is 10.9 Å². The smallest absolute Gasteiger partial charge is 0.218 e. The molecule has 1 aliphatic heterocycles. The quantitative estimate of drug-likeness (QED) is 0.796. The van der Waals surface area contributed by atoms with Gasteiger partial charge in [0.1, 0.15) is 5.82 Å². The first-order valence-electron chi connectivity index (χ1n) is 8.04. The van der Waals surface area contributed by atoms with Crippen molar-refractivity contribution < 1.29 is 0 Å². The molecule has 1 atom stereocenters. The summed E-state index contributed by atoms with van der Waals surface area (Å²) in [6.07, 6.45) is 3.88. The Morgan fingerprint density at radius 2 is 1.96 bits per heavy atom. The summed E-state index contributed by atoms with van der Waals surface area (Å²) in [5.41, 5.74) is 6.85. The van der Waals surface area contributed by atoms with Crippen LogP contribution in [0.25, 0.3) is 11.4 Å². The molecule has 3 heterocycles. The van der Waals surface area contributed by atoms with Crippen molar-refractivity contribution in [3.8, 4) is 11.4 Å². The number of nitrogens with two attached hydrogens (primary N) is 1. The first-order valence-corrected chi connectivity index (χ1v) is 8.04. The van der Waals surface area contributed by atoms with Crippen LogP contribution >= 0.6 is 0 Å². The Bertz CT molecular complexity index is 824. The van der Waals surface area contributed by atoms with Crippen LogP contribution in [0.3, 0.4) is 0 Å². The van der Waals surface area contributed by atoms with Crippen LogP contribution in [0.2, 0.25) is 0 Å². The van der Waals surface area contributed by atoms with Crippen LogP contribution in [0.5, 0.6) is 0 Å². The Morgan fingerprint density at radius 1 is 1.12 bits per heavy atom. The van der Waals surface area contributed by atoms with Gasteiger partial charge in [-0.1, -0.05) is 30.3 Å². The van der Waals surface area contributed by atoms with Gasteiger partial charge in [0.05, 0.1) is 6.04 Å². The number of hydrogen-bond acceptors (Lipinski definition) is 6. The molecule has 1 aliphatic rings. The van der Waals surface area contributed by atoms with E-state index in [0.29, 0.717) is 5.95 Å². The lowest BCUT2D eigenvalue weighted by molar-refractivity contribution is 0.642. The van der Waals surface area contributed by atoms with Crippen molar-refractivity contribution >= 4 is 11.8 Å².